The zero-order valence-corrected chi connectivity index (χ0v) is 47.4. The zero-order valence-electron chi connectivity index (χ0n) is 45.8. The number of hydrogen-bond acceptors (Lipinski definition) is 15. The fourth-order valence-electron chi connectivity index (χ4n) is 11.9. The average Bonchev–Trinajstić information content (AvgIpc) is 4.43. The summed E-state index contributed by atoms with van der Waals surface area (Å²) in [5, 5.41) is 31.7. The van der Waals surface area contributed by atoms with Crippen LogP contribution in [0, 0.1) is 35.4 Å². The number of aliphatic hydroxyl groups excluding tert-OH is 1. The molecule has 0 aliphatic carbocycles. The van der Waals surface area contributed by atoms with Gasteiger partial charge in [0.15, 0.2) is 5.82 Å². The van der Waals surface area contributed by atoms with Gasteiger partial charge >= 0.3 is 6.01 Å². The minimum Gasteiger partial charge on any atom is -0.462 e. The van der Waals surface area contributed by atoms with Gasteiger partial charge in [-0.25, -0.2) is 9.37 Å². The van der Waals surface area contributed by atoms with Gasteiger partial charge < -0.3 is 50.6 Å². The number of thiazole rings is 1. The number of nitriles is 1. The molecule has 4 saturated heterocycles. The molecule has 21 heteroatoms. The molecule has 4 fully saturated rings. The number of anilines is 2. The highest BCUT2D eigenvalue weighted by Crippen LogP contribution is 2.44. The van der Waals surface area contributed by atoms with Gasteiger partial charge in [0.05, 0.1) is 51.1 Å². The lowest BCUT2D eigenvalue weighted by molar-refractivity contribution is -0.144. The molecule has 0 radical (unpaired) electrons. The fourth-order valence-corrected chi connectivity index (χ4v) is 13.0. The monoisotopic (exact) mass is 1120 g/mol. The van der Waals surface area contributed by atoms with Gasteiger partial charge in [-0.3, -0.25) is 19.3 Å². The topological polar surface area (TPSA) is 229 Å². The van der Waals surface area contributed by atoms with Crippen LogP contribution < -0.4 is 31.3 Å². The van der Waals surface area contributed by atoms with Crippen LogP contribution in [0.3, 0.4) is 0 Å². The van der Waals surface area contributed by atoms with E-state index in [1.165, 1.54) is 4.90 Å². The SMILES string of the molecule is Cc1ncsc1-c1ccc([C@H](C)NC(=O)[C@@H]2C[C@@H](O)CN2C(=O)[C@@H](NC(=O)CCOCCCN2C[C@@H](C)[C@H]2COc2nc(N3CC4CCC(C3)N4)c3cc(Cl)c(-c4cn(C)c5ccc(N)c(C#N)c45)c(F)c3n2)C(C)(C)C)cc1. The fraction of sp³-hybridized carbons (Fsp3) is 0.500. The van der Waals surface area contributed by atoms with E-state index in [2.05, 4.69) is 43.7 Å². The molecule has 0 spiro atoms. The number of halogens is 2. The van der Waals surface area contributed by atoms with Crippen LogP contribution in [0.5, 0.6) is 6.01 Å². The van der Waals surface area contributed by atoms with Gasteiger partial charge in [0.2, 0.25) is 17.7 Å². The largest absolute Gasteiger partial charge is 0.462 e. The number of benzene rings is 3. The summed E-state index contributed by atoms with van der Waals surface area (Å²) < 4.78 is 31.5. The van der Waals surface area contributed by atoms with E-state index < -0.39 is 35.3 Å². The molecule has 6 aromatic rings. The minimum absolute atomic E-state index is 0.0229. The van der Waals surface area contributed by atoms with Crippen molar-refractivity contribution in [1.82, 2.24) is 45.3 Å². The number of hydrogen-bond donors (Lipinski definition) is 5. The number of nitrogen functional groups attached to an aromatic ring is 1. The molecule has 8 atom stereocenters. The second-order valence-electron chi connectivity index (χ2n) is 23.0. The minimum atomic E-state index is -0.957. The van der Waals surface area contributed by atoms with Crippen LogP contribution in [0.25, 0.3) is 43.4 Å². The van der Waals surface area contributed by atoms with Crippen molar-refractivity contribution in [2.75, 3.05) is 63.2 Å². The van der Waals surface area contributed by atoms with Crippen LogP contribution in [-0.4, -0.2) is 141 Å². The Hall–Kier alpha value is -6.47. The van der Waals surface area contributed by atoms with Crippen molar-refractivity contribution < 1.29 is 33.4 Å². The molecule has 79 heavy (non-hydrogen) atoms. The number of likely N-dealkylation sites (tertiary alicyclic amines) is 2. The molecule has 4 aliphatic rings. The molecule has 6 N–H and O–H groups in total. The number of rotatable bonds is 18. The first kappa shape index (κ1) is 55.8. The van der Waals surface area contributed by atoms with Gasteiger partial charge in [-0.15, -0.1) is 11.3 Å². The number of carbonyl (C=O) groups is 3. The van der Waals surface area contributed by atoms with Gasteiger partial charge in [-0.05, 0) is 73.8 Å². The molecule has 18 nitrogen and oxygen atoms in total. The van der Waals surface area contributed by atoms with Gasteiger partial charge in [-0.1, -0.05) is 63.6 Å². The smallest absolute Gasteiger partial charge is 0.319 e. The normalized spacial score (nSPS) is 22.0. The Bertz CT molecular complexity index is 3310. The first-order valence-electron chi connectivity index (χ1n) is 27.3. The molecule has 4 aliphatic heterocycles. The molecule has 3 aromatic carbocycles. The van der Waals surface area contributed by atoms with Crippen LogP contribution in [0.2, 0.25) is 5.02 Å². The standard InChI is InChI=1S/C58H70ClFN12O6S/c1-31-24-70(18-8-19-77-20-17-47(74)66-53(58(4,5)6)56(76)72-27-38(73)21-45(72)55(75)64-32(2)34-9-11-35(12-10-34)52-33(3)63-30-79-52)46(31)29-78-57-67-51-39(54(68-57)71-25-36-13-14-37(26-71)65-36)22-42(59)49(50(51)60)41-28-69(7)44-16-15-43(62)40(23-61)48(41)44/h9-12,15-16,22,28,30-32,36-38,45-46,53,65,73H,8,13-14,17-21,24-27,29,62H2,1-7H3,(H,64,75)(H,66,74)/t31-,32+,36?,37?,38-,45+,46-,53-/m1/s1. The van der Waals surface area contributed by atoms with E-state index in [-0.39, 0.29) is 102 Å². The number of aliphatic hydroxyl groups is 1. The van der Waals surface area contributed by atoms with Crippen molar-refractivity contribution in [2.45, 2.75) is 116 Å². The van der Waals surface area contributed by atoms with Crippen molar-refractivity contribution in [3.05, 3.63) is 81.8 Å². The number of β-amino-alcohol motifs (C(OH)–C–C–N with tert-alkyl or cyclic N) is 1. The van der Waals surface area contributed by atoms with Gasteiger partial charge in [-0.2, -0.15) is 15.2 Å². The molecular formula is C58H70ClFN12O6S. The Morgan fingerprint density at radius 2 is 1.81 bits per heavy atom. The highest BCUT2D eigenvalue weighted by atomic mass is 35.5. The summed E-state index contributed by atoms with van der Waals surface area (Å²) in [5.74, 6) is -0.937. The van der Waals surface area contributed by atoms with Crippen LogP contribution >= 0.6 is 22.9 Å². The highest BCUT2D eigenvalue weighted by molar-refractivity contribution is 7.13. The van der Waals surface area contributed by atoms with Gasteiger partial charge in [0.25, 0.3) is 0 Å². The lowest BCUT2D eigenvalue weighted by atomic mass is 9.85. The van der Waals surface area contributed by atoms with Gasteiger partial charge in [0, 0.05) is 111 Å². The summed E-state index contributed by atoms with van der Waals surface area (Å²) in [6.45, 7) is 15.3. The first-order valence-corrected chi connectivity index (χ1v) is 28.6. The highest BCUT2D eigenvalue weighted by Gasteiger charge is 2.45. The number of nitrogens with zero attached hydrogens (tertiary/aromatic N) is 8. The summed E-state index contributed by atoms with van der Waals surface area (Å²) in [6.07, 6.45) is 3.75. The summed E-state index contributed by atoms with van der Waals surface area (Å²) in [7, 11) is 1.83. The second kappa shape index (κ2) is 22.9. The van der Waals surface area contributed by atoms with E-state index in [1.807, 2.05) is 76.0 Å². The maximum atomic E-state index is 17.3. The third kappa shape index (κ3) is 11.5. The van der Waals surface area contributed by atoms with E-state index in [4.69, 9.17) is 36.8 Å². The van der Waals surface area contributed by atoms with Gasteiger partial charge in [0.1, 0.15) is 36.1 Å². The predicted octanol–water partition coefficient (Wildman–Crippen LogP) is 7.27. The molecule has 3 amide bonds. The predicted molar refractivity (Wildman–Crippen MR) is 304 cm³/mol. The number of ether oxygens (including phenoxy) is 2. The molecule has 2 unspecified atom stereocenters. The third-order valence-corrected chi connectivity index (χ3v) is 17.5. The number of nitrogens with one attached hydrogen (secondary N) is 3. The number of amides is 3. The maximum absolute atomic E-state index is 17.3. The molecule has 418 valence electrons. The van der Waals surface area contributed by atoms with Crippen molar-refractivity contribution in [2.24, 2.45) is 18.4 Å². The van der Waals surface area contributed by atoms with Crippen molar-refractivity contribution in [3.63, 3.8) is 0 Å². The molecule has 7 heterocycles. The number of piperazine rings is 1. The van der Waals surface area contributed by atoms with Crippen molar-refractivity contribution in [3.8, 4) is 33.6 Å². The number of carbonyl (C=O) groups excluding carboxylic acids is 3. The molecule has 0 saturated carbocycles. The first-order chi connectivity index (χ1) is 37.8. The van der Waals surface area contributed by atoms with E-state index in [9.17, 15) is 24.8 Å². The lowest BCUT2D eigenvalue weighted by Crippen LogP contribution is -2.58. The summed E-state index contributed by atoms with van der Waals surface area (Å²) >= 11 is 8.60. The number of nitrogens with two attached hydrogens (primary N) is 1. The molecular weight excluding hydrogens is 1050 g/mol. The third-order valence-electron chi connectivity index (χ3n) is 16.2. The Labute approximate surface area is 468 Å². The van der Waals surface area contributed by atoms with Crippen LogP contribution in [0.15, 0.2) is 54.2 Å². The summed E-state index contributed by atoms with van der Waals surface area (Å²) in [6, 6.07) is 13.8. The van der Waals surface area contributed by atoms with Crippen LogP contribution in [0.1, 0.15) is 89.6 Å². The number of aromatic nitrogens is 4. The maximum Gasteiger partial charge on any atom is 0.319 e. The van der Waals surface area contributed by atoms with E-state index in [1.54, 1.807) is 35.7 Å². The van der Waals surface area contributed by atoms with Crippen LogP contribution in [-0.2, 0) is 26.2 Å². The number of fused-ring (bicyclic) bond motifs is 4. The number of aryl methyl sites for hydroxylation is 2. The lowest BCUT2D eigenvalue weighted by Gasteiger charge is -2.46. The van der Waals surface area contributed by atoms with Crippen molar-refractivity contribution in [1.29, 1.82) is 5.26 Å². The molecule has 3 aromatic heterocycles. The zero-order chi connectivity index (χ0) is 56.0. The van der Waals surface area contributed by atoms with E-state index in [0.717, 1.165) is 41.1 Å². The summed E-state index contributed by atoms with van der Waals surface area (Å²) in [4.78, 5) is 62.4. The quantitative estimate of drug-likeness (QED) is 0.0421. The Kier molecular flexibility index (Phi) is 16.2. The Morgan fingerprint density at radius 3 is 2.49 bits per heavy atom. The Morgan fingerprint density at radius 1 is 1.06 bits per heavy atom. The van der Waals surface area contributed by atoms with E-state index >= 15 is 4.39 Å². The van der Waals surface area contributed by atoms with Crippen molar-refractivity contribution >= 4 is 74.0 Å². The van der Waals surface area contributed by atoms with E-state index in [0.29, 0.717) is 66.3 Å². The second-order valence-corrected chi connectivity index (χ2v) is 24.2. The van der Waals surface area contributed by atoms with Crippen LogP contribution in [0.4, 0.5) is 15.9 Å². The summed E-state index contributed by atoms with van der Waals surface area (Å²) in [5.41, 5.74) is 12.1. The molecule has 2 bridgehead atoms. The molecule has 10 rings (SSSR count). The average molecular weight is 1120 g/mol. The Balaban J connectivity index is 0.736.